The molecule has 12 heteroatoms. The number of methoxy groups -OCH3 is 1. The van der Waals surface area contributed by atoms with E-state index in [1.807, 2.05) is 0 Å². The van der Waals surface area contributed by atoms with Crippen molar-refractivity contribution in [2.45, 2.75) is 38.5 Å². The molecule has 0 bridgehead atoms. The van der Waals surface area contributed by atoms with E-state index in [0.29, 0.717) is 10.2 Å². The van der Waals surface area contributed by atoms with Gasteiger partial charge in [0.2, 0.25) is 10.0 Å². The first-order chi connectivity index (χ1) is 13.2. The topological polar surface area (TPSA) is 106 Å². The molecule has 2 rings (SSSR count). The second-order valence-corrected chi connectivity index (χ2v) is 10.7. The molecule has 2 atom stereocenters. The summed E-state index contributed by atoms with van der Waals surface area (Å²) in [7, 11) is -2.57. The van der Waals surface area contributed by atoms with E-state index in [9.17, 15) is 18.0 Å². The van der Waals surface area contributed by atoms with Crippen molar-refractivity contribution in [2.75, 3.05) is 26.5 Å². The number of ether oxygens (including phenoxy) is 2. The molecule has 9 nitrogen and oxygen atoms in total. The van der Waals surface area contributed by atoms with Gasteiger partial charge in [0.1, 0.15) is 21.4 Å². The number of carbonyl (C=O) groups is 2. The minimum absolute atomic E-state index is 0.130. The Morgan fingerprint density at radius 3 is 2.38 bits per heavy atom. The Hall–Kier alpha value is -1.43. The molecule has 0 aromatic carbocycles. The van der Waals surface area contributed by atoms with Crippen LogP contribution in [0.4, 0.5) is 4.79 Å². The summed E-state index contributed by atoms with van der Waals surface area (Å²) >= 11 is 9.27. The lowest BCUT2D eigenvalue weighted by molar-refractivity contribution is -0.149. The number of rotatable bonds is 3. The van der Waals surface area contributed by atoms with Crippen LogP contribution in [0.25, 0.3) is 0 Å². The summed E-state index contributed by atoms with van der Waals surface area (Å²) in [4.78, 5) is 30.3. The lowest BCUT2D eigenvalue weighted by Gasteiger charge is -2.44. The van der Waals surface area contributed by atoms with Crippen LogP contribution < -0.4 is 0 Å². The normalized spacial score (nSPS) is 21.0. The molecule has 1 saturated heterocycles. The van der Waals surface area contributed by atoms with Crippen LogP contribution in [0.15, 0.2) is 16.7 Å². The number of aromatic nitrogens is 1. The van der Waals surface area contributed by atoms with Gasteiger partial charge < -0.3 is 9.47 Å². The van der Waals surface area contributed by atoms with E-state index < -0.39 is 39.8 Å². The monoisotopic (exact) mass is 511 g/mol. The van der Waals surface area contributed by atoms with Crippen LogP contribution in [0.1, 0.15) is 32.4 Å². The molecule has 0 aliphatic carbocycles. The summed E-state index contributed by atoms with van der Waals surface area (Å²) < 4.78 is 36.7. The van der Waals surface area contributed by atoms with Crippen LogP contribution in [-0.4, -0.2) is 72.8 Å². The van der Waals surface area contributed by atoms with Crippen molar-refractivity contribution >= 4 is 49.6 Å². The van der Waals surface area contributed by atoms with Crippen LogP contribution >= 0.6 is 27.5 Å². The summed E-state index contributed by atoms with van der Waals surface area (Å²) in [5.41, 5.74) is -0.288. The first kappa shape index (κ1) is 23.8. The van der Waals surface area contributed by atoms with Gasteiger partial charge in [0.25, 0.3) is 0 Å². The van der Waals surface area contributed by atoms with E-state index in [2.05, 4.69) is 20.9 Å². The van der Waals surface area contributed by atoms with Crippen LogP contribution in [-0.2, 0) is 24.3 Å². The summed E-state index contributed by atoms with van der Waals surface area (Å²) in [6, 6.07) is 1.18. The van der Waals surface area contributed by atoms with Crippen molar-refractivity contribution in [1.29, 1.82) is 0 Å². The second kappa shape index (κ2) is 8.75. The molecule has 0 N–H and O–H groups in total. The molecule has 29 heavy (non-hydrogen) atoms. The maximum Gasteiger partial charge on any atom is 0.411 e. The zero-order valence-electron chi connectivity index (χ0n) is 16.7. The molecule has 0 unspecified atom stereocenters. The molecule has 162 valence electrons. The van der Waals surface area contributed by atoms with Gasteiger partial charge in [-0.05, 0) is 54.4 Å². The SMILES string of the molecule is COC(=O)[C@H]1CN(S(C)(=O)=O)[C@H](c2cc(Cl)nc(Br)c2)CN1C(=O)OC(C)(C)C. The predicted molar refractivity (Wildman–Crippen MR) is 110 cm³/mol. The van der Waals surface area contributed by atoms with E-state index >= 15 is 0 Å². The average molecular weight is 513 g/mol. The van der Waals surface area contributed by atoms with Gasteiger partial charge in [0.15, 0.2) is 0 Å². The third kappa shape index (κ3) is 6.03. The average Bonchev–Trinajstić information content (AvgIpc) is 2.56. The molecule has 1 aliphatic rings. The highest BCUT2D eigenvalue weighted by Crippen LogP contribution is 2.33. The third-order valence-corrected chi connectivity index (χ3v) is 6.00. The largest absolute Gasteiger partial charge is 0.467 e. The molecule has 0 radical (unpaired) electrons. The number of sulfonamides is 1. The number of halogens is 2. The molecule has 2 heterocycles. The summed E-state index contributed by atoms with van der Waals surface area (Å²) in [5.74, 6) is -0.739. The van der Waals surface area contributed by atoms with Crippen molar-refractivity contribution in [1.82, 2.24) is 14.2 Å². The first-order valence-corrected chi connectivity index (χ1v) is 11.6. The molecule has 1 aromatic heterocycles. The Bertz CT molecular complexity index is 885. The molecule has 1 aliphatic heterocycles. The summed E-state index contributed by atoms with van der Waals surface area (Å²) in [6.45, 7) is 4.67. The van der Waals surface area contributed by atoms with Gasteiger partial charge in [-0.25, -0.2) is 23.0 Å². The van der Waals surface area contributed by atoms with Crippen molar-refractivity contribution in [2.24, 2.45) is 0 Å². The van der Waals surface area contributed by atoms with Crippen LogP contribution in [0, 0.1) is 0 Å². The Labute approximate surface area is 183 Å². The number of amides is 1. The van der Waals surface area contributed by atoms with Crippen molar-refractivity contribution < 1.29 is 27.5 Å². The number of esters is 1. The number of hydrogen-bond acceptors (Lipinski definition) is 7. The number of carbonyl (C=O) groups excluding carboxylic acids is 2. The van der Waals surface area contributed by atoms with E-state index in [-0.39, 0.29) is 18.2 Å². The summed E-state index contributed by atoms with van der Waals surface area (Å²) in [5, 5.41) is 0.154. The number of hydrogen-bond donors (Lipinski definition) is 0. The lowest BCUT2D eigenvalue weighted by Crippen LogP contribution is -2.61. The van der Waals surface area contributed by atoms with Crippen molar-refractivity contribution in [3.8, 4) is 0 Å². The van der Waals surface area contributed by atoms with Gasteiger partial charge in [-0.1, -0.05) is 11.6 Å². The van der Waals surface area contributed by atoms with Crippen LogP contribution in [0.3, 0.4) is 0 Å². The second-order valence-electron chi connectivity index (χ2n) is 7.57. The zero-order chi connectivity index (χ0) is 22.1. The fourth-order valence-electron chi connectivity index (χ4n) is 2.97. The van der Waals surface area contributed by atoms with Gasteiger partial charge in [0, 0.05) is 13.1 Å². The van der Waals surface area contributed by atoms with Gasteiger partial charge in [-0.2, -0.15) is 4.31 Å². The maximum absolute atomic E-state index is 12.8. The highest BCUT2D eigenvalue weighted by molar-refractivity contribution is 9.10. The fraction of sp³-hybridized carbons (Fsp3) is 0.588. The number of nitrogens with zero attached hydrogens (tertiary/aromatic N) is 3. The quantitative estimate of drug-likeness (QED) is 0.453. The van der Waals surface area contributed by atoms with Crippen molar-refractivity contribution in [3.05, 3.63) is 27.5 Å². The summed E-state index contributed by atoms with van der Waals surface area (Å²) in [6.07, 6.45) is 0.292. The van der Waals surface area contributed by atoms with E-state index in [1.165, 1.54) is 18.1 Å². The molecular formula is C17H23BrClN3O6S. The smallest absolute Gasteiger partial charge is 0.411 e. The van der Waals surface area contributed by atoms with Gasteiger partial charge >= 0.3 is 12.1 Å². The number of pyridine rings is 1. The lowest BCUT2D eigenvalue weighted by atomic mass is 10.0. The number of piperazine rings is 1. The molecule has 1 aromatic rings. The van der Waals surface area contributed by atoms with E-state index in [0.717, 1.165) is 10.6 Å². The zero-order valence-corrected chi connectivity index (χ0v) is 19.8. The molecule has 1 amide bonds. The Morgan fingerprint density at radius 2 is 1.90 bits per heavy atom. The van der Waals surface area contributed by atoms with Crippen LogP contribution in [0.5, 0.6) is 0 Å². The molecule has 0 saturated carbocycles. The third-order valence-electron chi connectivity index (χ3n) is 4.14. The van der Waals surface area contributed by atoms with Gasteiger partial charge in [-0.3, -0.25) is 4.90 Å². The molecular weight excluding hydrogens is 490 g/mol. The van der Waals surface area contributed by atoms with Gasteiger partial charge in [-0.15, -0.1) is 0 Å². The van der Waals surface area contributed by atoms with Crippen molar-refractivity contribution in [3.63, 3.8) is 0 Å². The van der Waals surface area contributed by atoms with Crippen LogP contribution in [0.2, 0.25) is 5.15 Å². The minimum Gasteiger partial charge on any atom is -0.467 e. The fourth-order valence-corrected chi connectivity index (χ4v) is 4.81. The van der Waals surface area contributed by atoms with E-state index in [4.69, 9.17) is 21.1 Å². The minimum atomic E-state index is -3.74. The Balaban J connectivity index is 2.53. The first-order valence-electron chi connectivity index (χ1n) is 8.60. The molecule has 0 spiro atoms. The standard InChI is InChI=1S/C17H23BrClN3O6S/c1-17(2,3)28-16(24)21-8-11(10-6-13(18)20-14(19)7-10)22(29(5,25)26)9-12(21)15(23)27-4/h6-7,11-12H,8-9H2,1-5H3/t11-,12+/m0/s1. The maximum atomic E-state index is 12.8. The predicted octanol–water partition coefficient (Wildman–Crippen LogP) is 2.59. The highest BCUT2D eigenvalue weighted by Gasteiger charge is 2.45. The van der Waals surface area contributed by atoms with Gasteiger partial charge in [0.05, 0.1) is 19.4 Å². The Kier molecular flexibility index (Phi) is 7.19. The Morgan fingerprint density at radius 1 is 1.28 bits per heavy atom. The highest BCUT2D eigenvalue weighted by atomic mass is 79.9. The molecule has 1 fully saturated rings. The van der Waals surface area contributed by atoms with E-state index in [1.54, 1.807) is 26.8 Å².